The number of carbonyl (C=O) groups excluding carboxylic acids is 2. The van der Waals surface area contributed by atoms with Gasteiger partial charge in [-0.2, -0.15) is 0 Å². The summed E-state index contributed by atoms with van der Waals surface area (Å²) in [6, 6.07) is 7.67. The Kier molecular flexibility index (Phi) is 11.3. The Bertz CT molecular complexity index is 695. The zero-order valence-corrected chi connectivity index (χ0v) is 17.3. The lowest BCUT2D eigenvalue weighted by molar-refractivity contribution is -0.117. The number of aldehydes is 1. The number of benzene rings is 1. The van der Waals surface area contributed by atoms with E-state index >= 15 is 0 Å². The summed E-state index contributed by atoms with van der Waals surface area (Å²) in [6.07, 6.45) is 10.5. The third-order valence-corrected chi connectivity index (χ3v) is 4.12. The molecule has 2 N–H and O–H groups in total. The first-order chi connectivity index (χ1) is 13.5. The van der Waals surface area contributed by atoms with Crippen LogP contribution >= 0.6 is 0 Å². The second-order valence-electron chi connectivity index (χ2n) is 6.96. The predicted molar refractivity (Wildman–Crippen MR) is 119 cm³/mol. The van der Waals surface area contributed by atoms with Crippen molar-refractivity contribution in [3.05, 3.63) is 60.7 Å². The van der Waals surface area contributed by atoms with Crippen LogP contribution in [0.4, 0.5) is 11.4 Å². The Morgan fingerprint density at radius 1 is 1.29 bits per heavy atom. The van der Waals surface area contributed by atoms with Gasteiger partial charge in [0, 0.05) is 30.4 Å². The van der Waals surface area contributed by atoms with Crippen molar-refractivity contribution in [1.29, 1.82) is 0 Å². The van der Waals surface area contributed by atoms with Crippen LogP contribution in [0, 0.1) is 5.92 Å². The molecule has 0 aliphatic carbocycles. The predicted octanol–water partition coefficient (Wildman–Crippen LogP) is 4.27. The molecule has 0 aromatic heterocycles. The number of nitrogens with zero attached hydrogens (tertiary/aromatic N) is 1. The number of carbonyl (C=O) groups is 2. The molecule has 1 aromatic rings. The summed E-state index contributed by atoms with van der Waals surface area (Å²) >= 11 is 0. The van der Waals surface area contributed by atoms with E-state index in [0.717, 1.165) is 42.6 Å². The van der Waals surface area contributed by atoms with Gasteiger partial charge in [-0.1, -0.05) is 43.9 Å². The molecule has 1 unspecified atom stereocenters. The van der Waals surface area contributed by atoms with Crippen molar-refractivity contribution < 1.29 is 9.59 Å². The van der Waals surface area contributed by atoms with E-state index < -0.39 is 0 Å². The zero-order valence-electron chi connectivity index (χ0n) is 17.3. The van der Waals surface area contributed by atoms with E-state index in [1.807, 2.05) is 68.3 Å². The summed E-state index contributed by atoms with van der Waals surface area (Å²) in [4.78, 5) is 24.9. The Balaban J connectivity index is 2.49. The highest BCUT2D eigenvalue weighted by molar-refractivity contribution is 5.92. The molecule has 0 saturated carbocycles. The van der Waals surface area contributed by atoms with E-state index in [1.165, 1.54) is 0 Å². The molecule has 0 fully saturated rings. The number of amides is 1. The maximum atomic E-state index is 12.3. The molecular formula is C23H33N3O2. The number of allylic oxidation sites excluding steroid dienone is 3. The maximum Gasteiger partial charge on any atom is 0.238 e. The Morgan fingerprint density at radius 2 is 2.04 bits per heavy atom. The molecule has 0 aliphatic rings. The van der Waals surface area contributed by atoms with Crippen LogP contribution in [0.3, 0.4) is 0 Å². The molecule has 1 amide bonds. The second kappa shape index (κ2) is 13.5. The maximum absolute atomic E-state index is 12.3. The fraction of sp³-hybridized carbons (Fsp3) is 0.391. The molecule has 0 bridgehead atoms. The number of anilines is 2. The van der Waals surface area contributed by atoms with E-state index in [9.17, 15) is 9.59 Å². The van der Waals surface area contributed by atoms with Gasteiger partial charge in [0.2, 0.25) is 5.91 Å². The molecule has 0 spiro atoms. The number of hydrogen-bond donors (Lipinski definition) is 2. The molecule has 152 valence electrons. The average Bonchev–Trinajstić information content (AvgIpc) is 2.65. The first kappa shape index (κ1) is 23.4. The van der Waals surface area contributed by atoms with E-state index in [-0.39, 0.29) is 11.8 Å². The van der Waals surface area contributed by atoms with Crippen LogP contribution in [0.1, 0.15) is 26.7 Å². The lowest BCUT2D eigenvalue weighted by Crippen LogP contribution is -2.31. The average molecular weight is 384 g/mol. The lowest BCUT2D eigenvalue weighted by atomic mass is 10.1. The van der Waals surface area contributed by atoms with Crippen LogP contribution in [0.25, 0.3) is 0 Å². The van der Waals surface area contributed by atoms with Gasteiger partial charge in [-0.25, -0.2) is 0 Å². The summed E-state index contributed by atoms with van der Waals surface area (Å²) in [5.41, 5.74) is 2.82. The largest absolute Gasteiger partial charge is 0.385 e. The summed E-state index contributed by atoms with van der Waals surface area (Å²) < 4.78 is 0. The van der Waals surface area contributed by atoms with Gasteiger partial charge in [0.05, 0.1) is 6.54 Å². The Hall–Kier alpha value is -2.66. The van der Waals surface area contributed by atoms with Gasteiger partial charge in [-0.15, -0.1) is 0 Å². The van der Waals surface area contributed by atoms with Gasteiger partial charge >= 0.3 is 0 Å². The highest BCUT2D eigenvalue weighted by atomic mass is 16.2. The van der Waals surface area contributed by atoms with E-state index in [0.29, 0.717) is 13.1 Å². The highest BCUT2D eigenvalue weighted by Gasteiger charge is 2.08. The van der Waals surface area contributed by atoms with Gasteiger partial charge in [0.15, 0.2) is 0 Å². The van der Waals surface area contributed by atoms with E-state index in [1.54, 1.807) is 6.08 Å². The normalized spacial score (nSPS) is 12.8. The van der Waals surface area contributed by atoms with Crippen molar-refractivity contribution in [3.63, 3.8) is 0 Å². The van der Waals surface area contributed by atoms with Crippen LogP contribution in [-0.4, -0.2) is 43.8 Å². The monoisotopic (exact) mass is 383 g/mol. The van der Waals surface area contributed by atoms with Crippen LogP contribution in [0.15, 0.2) is 60.7 Å². The second-order valence-corrected chi connectivity index (χ2v) is 6.96. The minimum atomic E-state index is -0.0575. The molecular weight excluding hydrogens is 350 g/mol. The van der Waals surface area contributed by atoms with Crippen molar-refractivity contribution >= 4 is 23.6 Å². The molecule has 28 heavy (non-hydrogen) atoms. The Labute approximate surface area is 169 Å². The van der Waals surface area contributed by atoms with Gasteiger partial charge in [-0.05, 0) is 50.6 Å². The molecule has 5 heteroatoms. The van der Waals surface area contributed by atoms with Gasteiger partial charge in [0.25, 0.3) is 0 Å². The summed E-state index contributed by atoms with van der Waals surface area (Å²) in [7, 11) is 1.91. The third kappa shape index (κ3) is 9.88. The quantitative estimate of drug-likeness (QED) is 0.303. The fourth-order valence-corrected chi connectivity index (χ4v) is 2.77. The first-order valence-electron chi connectivity index (χ1n) is 9.70. The molecule has 1 rings (SSSR count). The summed E-state index contributed by atoms with van der Waals surface area (Å²) in [5, 5.41) is 6.27. The topological polar surface area (TPSA) is 61.4 Å². The summed E-state index contributed by atoms with van der Waals surface area (Å²) in [6.45, 7) is 9.38. The van der Waals surface area contributed by atoms with Gasteiger partial charge in [-0.3, -0.25) is 9.69 Å². The number of likely N-dealkylation sites (N-methyl/N-ethyl adjacent to an activating group) is 1. The van der Waals surface area contributed by atoms with Crippen molar-refractivity contribution in [1.82, 2.24) is 4.90 Å². The fourth-order valence-electron chi connectivity index (χ4n) is 2.77. The number of hydrogen-bond acceptors (Lipinski definition) is 4. The van der Waals surface area contributed by atoms with Crippen LogP contribution in [0.2, 0.25) is 0 Å². The molecule has 0 aliphatic heterocycles. The minimum Gasteiger partial charge on any atom is -0.385 e. The lowest BCUT2D eigenvalue weighted by Gasteiger charge is -2.17. The summed E-state index contributed by atoms with van der Waals surface area (Å²) in [5.74, 6) is 0.0389. The molecule has 0 saturated heterocycles. The van der Waals surface area contributed by atoms with Crippen molar-refractivity contribution in [3.8, 4) is 0 Å². The third-order valence-electron chi connectivity index (χ3n) is 4.12. The van der Waals surface area contributed by atoms with Gasteiger partial charge in [0.1, 0.15) is 6.29 Å². The van der Waals surface area contributed by atoms with Crippen LogP contribution in [-0.2, 0) is 9.59 Å². The SMILES string of the molecule is C=C/C=C(\C=C/C)CN(C)CC(=O)Nc1cccc(NCCCC(C)C=O)c1. The van der Waals surface area contributed by atoms with Gasteiger partial charge < -0.3 is 15.4 Å². The van der Waals surface area contributed by atoms with Crippen LogP contribution < -0.4 is 10.6 Å². The Morgan fingerprint density at radius 3 is 2.71 bits per heavy atom. The minimum absolute atomic E-state index is 0.0575. The molecule has 0 radical (unpaired) electrons. The van der Waals surface area contributed by atoms with Crippen LogP contribution in [0.5, 0.6) is 0 Å². The molecule has 1 atom stereocenters. The smallest absolute Gasteiger partial charge is 0.238 e. The van der Waals surface area contributed by atoms with Crippen molar-refractivity contribution in [2.75, 3.05) is 37.3 Å². The first-order valence-corrected chi connectivity index (χ1v) is 9.70. The van der Waals surface area contributed by atoms with E-state index in [2.05, 4.69) is 17.2 Å². The zero-order chi connectivity index (χ0) is 20.8. The van der Waals surface area contributed by atoms with Crippen molar-refractivity contribution in [2.45, 2.75) is 26.7 Å². The molecule has 1 aromatic carbocycles. The highest BCUT2D eigenvalue weighted by Crippen LogP contribution is 2.15. The molecule has 5 nitrogen and oxygen atoms in total. The van der Waals surface area contributed by atoms with Crippen molar-refractivity contribution in [2.24, 2.45) is 5.92 Å². The van der Waals surface area contributed by atoms with E-state index in [4.69, 9.17) is 0 Å². The number of nitrogens with one attached hydrogen (secondary N) is 2. The standard InChI is InChI=1S/C23H33N3O2/c1-5-9-20(10-6-2)16-26(4)17-23(28)25-22-13-7-12-21(15-22)24-14-8-11-19(3)18-27/h5-7,9-10,12-13,15,18-19,24H,1,8,11,14,16-17H2,2-4H3,(H,25,28)/b10-6-,20-9+. The molecule has 0 heterocycles. The number of rotatable bonds is 13.